The molecule has 7 heteroatoms. The lowest BCUT2D eigenvalue weighted by atomic mass is 10.1. The number of nitrogens with one attached hydrogen (secondary N) is 1. The molecule has 1 atom stereocenters. The Morgan fingerprint density at radius 1 is 1.28 bits per heavy atom. The summed E-state index contributed by atoms with van der Waals surface area (Å²) >= 11 is 1.77. The molecule has 0 bridgehead atoms. The minimum absolute atomic E-state index is 0.0954. The van der Waals surface area contributed by atoms with E-state index in [2.05, 4.69) is 27.7 Å². The second-order valence-corrected chi connectivity index (χ2v) is 7.65. The van der Waals surface area contributed by atoms with Gasteiger partial charge >= 0.3 is 6.09 Å². The van der Waals surface area contributed by atoms with Crippen LogP contribution in [-0.4, -0.2) is 60.6 Å². The first-order valence-electron chi connectivity index (χ1n) is 9.16. The van der Waals surface area contributed by atoms with Crippen LogP contribution >= 0.6 is 11.3 Å². The number of hydrogen-bond acceptors (Lipinski definition) is 5. The van der Waals surface area contributed by atoms with Crippen LogP contribution in [0.15, 0.2) is 17.5 Å². The molecule has 1 aromatic heterocycles. The molecule has 0 unspecified atom stereocenters. The average Bonchev–Trinajstić information content (AvgIpc) is 3.26. The van der Waals surface area contributed by atoms with Crippen molar-refractivity contribution in [2.45, 2.75) is 44.7 Å². The normalized spacial score (nSPS) is 22.1. The van der Waals surface area contributed by atoms with Gasteiger partial charge in [-0.2, -0.15) is 0 Å². The zero-order chi connectivity index (χ0) is 17.6. The molecule has 0 saturated carbocycles. The predicted molar refractivity (Wildman–Crippen MR) is 97.6 cm³/mol. The second kappa shape index (κ2) is 8.67. The van der Waals surface area contributed by atoms with E-state index < -0.39 is 0 Å². The molecule has 25 heavy (non-hydrogen) atoms. The highest BCUT2D eigenvalue weighted by molar-refractivity contribution is 7.10. The zero-order valence-electron chi connectivity index (χ0n) is 14.8. The van der Waals surface area contributed by atoms with Gasteiger partial charge in [0.05, 0.1) is 13.2 Å². The standard InChI is InChI=1S/C18H27N3O3S/c1-2-24-18(23)20-10-7-14(8-11-20)19-17(22)13-21-9-3-5-15(21)16-6-4-12-25-16/h4,6,12,14-15H,2-3,5,7-11,13H2,1H3,(H,19,22)/t15-/m1/s1. The molecule has 0 aliphatic carbocycles. The third-order valence-electron chi connectivity index (χ3n) is 4.97. The van der Waals surface area contributed by atoms with Crippen molar-refractivity contribution >= 4 is 23.3 Å². The molecule has 0 spiro atoms. The lowest BCUT2D eigenvalue weighted by Gasteiger charge is -2.32. The Hall–Kier alpha value is -1.60. The van der Waals surface area contributed by atoms with Crippen molar-refractivity contribution in [3.63, 3.8) is 0 Å². The van der Waals surface area contributed by atoms with Crippen LogP contribution in [-0.2, 0) is 9.53 Å². The van der Waals surface area contributed by atoms with Crippen LogP contribution < -0.4 is 5.32 Å². The van der Waals surface area contributed by atoms with E-state index in [0.29, 0.717) is 32.3 Å². The molecule has 0 aromatic carbocycles. The van der Waals surface area contributed by atoms with Crippen LogP contribution in [0.5, 0.6) is 0 Å². The number of piperidine rings is 1. The largest absolute Gasteiger partial charge is 0.450 e. The third-order valence-corrected chi connectivity index (χ3v) is 5.94. The van der Waals surface area contributed by atoms with Crippen molar-refractivity contribution in [1.29, 1.82) is 0 Å². The summed E-state index contributed by atoms with van der Waals surface area (Å²) in [5.74, 6) is 0.0954. The van der Waals surface area contributed by atoms with Crippen molar-refractivity contribution < 1.29 is 14.3 Å². The van der Waals surface area contributed by atoms with Crippen molar-refractivity contribution in [2.24, 2.45) is 0 Å². The summed E-state index contributed by atoms with van der Waals surface area (Å²) in [7, 11) is 0. The summed E-state index contributed by atoms with van der Waals surface area (Å²) in [5, 5.41) is 5.25. The van der Waals surface area contributed by atoms with Gasteiger partial charge in [0.1, 0.15) is 0 Å². The van der Waals surface area contributed by atoms with Crippen LogP contribution in [0.1, 0.15) is 43.5 Å². The first-order valence-corrected chi connectivity index (χ1v) is 10.0. The van der Waals surface area contributed by atoms with E-state index in [1.54, 1.807) is 16.2 Å². The molecular formula is C18H27N3O3S. The summed E-state index contributed by atoms with van der Waals surface area (Å²) in [5.41, 5.74) is 0. The van der Waals surface area contributed by atoms with Gasteiger partial charge in [0.2, 0.25) is 5.91 Å². The second-order valence-electron chi connectivity index (χ2n) is 6.67. The molecule has 138 valence electrons. The number of amides is 2. The molecule has 6 nitrogen and oxygen atoms in total. The fourth-order valence-corrected chi connectivity index (χ4v) is 4.59. The molecule has 2 fully saturated rings. The Morgan fingerprint density at radius 2 is 2.08 bits per heavy atom. The molecule has 0 radical (unpaired) electrons. The Kier molecular flexibility index (Phi) is 6.31. The molecule has 1 aromatic rings. The predicted octanol–water partition coefficient (Wildman–Crippen LogP) is 2.62. The first kappa shape index (κ1) is 18.2. The number of thiophene rings is 1. The highest BCUT2D eigenvalue weighted by Gasteiger charge is 2.29. The number of nitrogens with zero attached hydrogens (tertiary/aromatic N) is 2. The summed E-state index contributed by atoms with van der Waals surface area (Å²) in [6, 6.07) is 4.78. The maximum atomic E-state index is 12.4. The Balaban J connectivity index is 1.43. The van der Waals surface area contributed by atoms with Gasteiger partial charge in [-0.3, -0.25) is 9.69 Å². The average molecular weight is 365 g/mol. The number of rotatable bonds is 5. The van der Waals surface area contributed by atoms with Crippen LogP contribution in [0.2, 0.25) is 0 Å². The highest BCUT2D eigenvalue weighted by atomic mass is 32.1. The fourth-order valence-electron chi connectivity index (χ4n) is 3.70. The molecule has 3 heterocycles. The molecule has 2 amide bonds. The minimum Gasteiger partial charge on any atom is -0.450 e. The zero-order valence-corrected chi connectivity index (χ0v) is 15.6. The van der Waals surface area contributed by atoms with Gasteiger partial charge in [0.15, 0.2) is 0 Å². The maximum absolute atomic E-state index is 12.4. The highest BCUT2D eigenvalue weighted by Crippen LogP contribution is 2.34. The van der Waals surface area contributed by atoms with Gasteiger partial charge in [-0.1, -0.05) is 6.07 Å². The van der Waals surface area contributed by atoms with Crippen LogP contribution in [0, 0.1) is 0 Å². The van der Waals surface area contributed by atoms with Gasteiger partial charge in [-0.25, -0.2) is 4.79 Å². The van der Waals surface area contributed by atoms with E-state index in [1.807, 2.05) is 6.92 Å². The molecule has 2 aliphatic rings. The third kappa shape index (κ3) is 4.73. The number of carbonyl (C=O) groups excluding carboxylic acids is 2. The Bertz CT molecular complexity index is 570. The molecular weight excluding hydrogens is 338 g/mol. The van der Waals surface area contributed by atoms with Crippen LogP contribution in [0.3, 0.4) is 0 Å². The van der Waals surface area contributed by atoms with Gasteiger partial charge < -0.3 is 15.0 Å². The summed E-state index contributed by atoms with van der Waals surface area (Å²) in [4.78, 5) is 29.5. The maximum Gasteiger partial charge on any atom is 0.409 e. The summed E-state index contributed by atoms with van der Waals surface area (Å²) in [6.07, 6.45) is 3.61. The minimum atomic E-state index is -0.247. The van der Waals surface area contributed by atoms with E-state index in [9.17, 15) is 9.59 Å². The SMILES string of the molecule is CCOC(=O)N1CCC(NC(=O)CN2CCC[C@@H]2c2cccs2)CC1. The molecule has 3 rings (SSSR count). The summed E-state index contributed by atoms with van der Waals surface area (Å²) < 4.78 is 5.03. The molecule has 2 aliphatic heterocycles. The van der Waals surface area contributed by atoms with Crippen molar-refractivity contribution in [3.05, 3.63) is 22.4 Å². The van der Waals surface area contributed by atoms with Crippen molar-refractivity contribution in [3.8, 4) is 0 Å². The lowest BCUT2D eigenvalue weighted by molar-refractivity contribution is -0.123. The Morgan fingerprint density at radius 3 is 2.76 bits per heavy atom. The lowest BCUT2D eigenvalue weighted by Crippen LogP contribution is -2.48. The number of hydrogen-bond donors (Lipinski definition) is 1. The Labute approximate surface area is 153 Å². The van der Waals surface area contributed by atoms with Gasteiger partial charge in [-0.05, 0) is 50.6 Å². The first-order chi connectivity index (χ1) is 12.2. The number of ether oxygens (including phenoxy) is 1. The monoisotopic (exact) mass is 365 g/mol. The van der Waals surface area contributed by atoms with Crippen molar-refractivity contribution in [1.82, 2.24) is 15.1 Å². The van der Waals surface area contributed by atoms with Gasteiger partial charge in [-0.15, -0.1) is 11.3 Å². The van der Waals surface area contributed by atoms with E-state index in [-0.39, 0.29) is 18.0 Å². The van der Waals surface area contributed by atoms with Crippen LogP contribution in [0.25, 0.3) is 0 Å². The molecule has 2 saturated heterocycles. The van der Waals surface area contributed by atoms with Gasteiger partial charge in [0, 0.05) is 30.1 Å². The van der Waals surface area contributed by atoms with E-state index in [0.717, 1.165) is 32.2 Å². The van der Waals surface area contributed by atoms with E-state index in [4.69, 9.17) is 4.74 Å². The fraction of sp³-hybridized carbons (Fsp3) is 0.667. The number of carbonyl (C=O) groups is 2. The number of likely N-dealkylation sites (tertiary alicyclic amines) is 2. The summed E-state index contributed by atoms with van der Waals surface area (Å²) in [6.45, 7) is 4.94. The smallest absolute Gasteiger partial charge is 0.409 e. The van der Waals surface area contributed by atoms with E-state index >= 15 is 0 Å². The topological polar surface area (TPSA) is 61.9 Å². The quantitative estimate of drug-likeness (QED) is 0.871. The van der Waals surface area contributed by atoms with Crippen molar-refractivity contribution in [2.75, 3.05) is 32.8 Å². The van der Waals surface area contributed by atoms with Crippen LogP contribution in [0.4, 0.5) is 4.79 Å². The van der Waals surface area contributed by atoms with E-state index in [1.165, 1.54) is 4.88 Å². The van der Waals surface area contributed by atoms with Gasteiger partial charge in [0.25, 0.3) is 0 Å². The molecule has 1 N–H and O–H groups in total.